The van der Waals surface area contributed by atoms with Crippen molar-refractivity contribution in [1.82, 2.24) is 9.29 Å². The number of thiophene rings is 1. The van der Waals surface area contributed by atoms with Crippen LogP contribution in [0.15, 0.2) is 27.2 Å². The quantitative estimate of drug-likeness (QED) is 0.871. The maximum absolute atomic E-state index is 12.3. The number of hydrogen-bond acceptors (Lipinski definition) is 6. The van der Waals surface area contributed by atoms with Crippen molar-refractivity contribution in [2.24, 2.45) is 0 Å². The van der Waals surface area contributed by atoms with Crippen LogP contribution in [0.25, 0.3) is 0 Å². The minimum absolute atomic E-state index is 0.223. The SMILES string of the molecule is CN(CCc1cccs1)S(=O)(=O)c1scnc1C(=O)O. The highest BCUT2D eigenvalue weighted by Crippen LogP contribution is 2.23. The molecule has 6 nitrogen and oxygen atoms in total. The first-order chi connectivity index (χ1) is 9.43. The molecular formula is C11H12N2O4S3. The number of likely N-dealkylation sites (N-methyl/N-ethyl adjacent to an activating group) is 1. The Morgan fingerprint density at radius 3 is 2.80 bits per heavy atom. The average molecular weight is 332 g/mol. The predicted octanol–water partition coefficient (Wildman–Crippen LogP) is 1.77. The van der Waals surface area contributed by atoms with Crippen molar-refractivity contribution in [1.29, 1.82) is 0 Å². The van der Waals surface area contributed by atoms with Gasteiger partial charge in [0.05, 0.1) is 5.51 Å². The van der Waals surface area contributed by atoms with E-state index in [9.17, 15) is 13.2 Å². The molecule has 0 spiro atoms. The molecule has 2 heterocycles. The summed E-state index contributed by atoms with van der Waals surface area (Å²) in [5.41, 5.74) is 0.807. The predicted molar refractivity (Wildman–Crippen MR) is 76.9 cm³/mol. The second kappa shape index (κ2) is 6.00. The van der Waals surface area contributed by atoms with E-state index in [0.29, 0.717) is 13.0 Å². The molecule has 2 aromatic rings. The zero-order valence-electron chi connectivity index (χ0n) is 10.5. The van der Waals surface area contributed by atoms with Crippen molar-refractivity contribution < 1.29 is 18.3 Å². The molecule has 9 heteroatoms. The number of carboxylic acids is 1. The average Bonchev–Trinajstić information content (AvgIpc) is 3.06. The highest BCUT2D eigenvalue weighted by atomic mass is 32.2. The summed E-state index contributed by atoms with van der Waals surface area (Å²) < 4.78 is 25.6. The number of rotatable bonds is 6. The molecule has 0 radical (unpaired) electrons. The molecule has 0 saturated carbocycles. The largest absolute Gasteiger partial charge is 0.476 e. The number of sulfonamides is 1. The van der Waals surface area contributed by atoms with Gasteiger partial charge in [0.1, 0.15) is 0 Å². The van der Waals surface area contributed by atoms with Crippen LogP contribution in [0.2, 0.25) is 0 Å². The third kappa shape index (κ3) is 3.06. The van der Waals surface area contributed by atoms with Crippen LogP contribution >= 0.6 is 22.7 Å². The Balaban J connectivity index is 2.17. The molecule has 0 aromatic carbocycles. The zero-order chi connectivity index (χ0) is 14.8. The monoisotopic (exact) mass is 332 g/mol. The summed E-state index contributed by atoms with van der Waals surface area (Å²) in [5, 5.41) is 10.9. The summed E-state index contributed by atoms with van der Waals surface area (Å²) in [6, 6.07) is 3.83. The number of thiazole rings is 1. The van der Waals surface area contributed by atoms with Gasteiger partial charge in [0.2, 0.25) is 0 Å². The first-order valence-electron chi connectivity index (χ1n) is 5.58. The van der Waals surface area contributed by atoms with Gasteiger partial charge in [-0.1, -0.05) is 6.07 Å². The van der Waals surface area contributed by atoms with Gasteiger partial charge >= 0.3 is 5.97 Å². The molecule has 2 rings (SSSR count). The highest BCUT2D eigenvalue weighted by Gasteiger charge is 2.29. The van der Waals surface area contributed by atoms with Gasteiger partial charge in [-0.15, -0.1) is 22.7 Å². The first kappa shape index (κ1) is 15.1. The van der Waals surface area contributed by atoms with Gasteiger partial charge in [-0.05, 0) is 17.9 Å². The fourth-order valence-electron chi connectivity index (χ4n) is 1.55. The standard InChI is InChI=1S/C11H12N2O4S3/c1-13(5-4-8-3-2-6-18-8)20(16,17)11-9(10(14)15)12-7-19-11/h2-3,6-7H,4-5H2,1H3,(H,14,15). The minimum Gasteiger partial charge on any atom is -0.476 e. The summed E-state index contributed by atoms with van der Waals surface area (Å²) in [4.78, 5) is 15.6. The third-order valence-electron chi connectivity index (χ3n) is 2.64. The van der Waals surface area contributed by atoms with Crippen LogP contribution in [0.4, 0.5) is 0 Å². The summed E-state index contributed by atoms with van der Waals surface area (Å²) >= 11 is 2.37. The molecule has 1 N–H and O–H groups in total. The van der Waals surface area contributed by atoms with Crippen molar-refractivity contribution in [3.05, 3.63) is 33.6 Å². The zero-order valence-corrected chi connectivity index (χ0v) is 13.0. The van der Waals surface area contributed by atoms with E-state index in [1.54, 1.807) is 11.3 Å². The highest BCUT2D eigenvalue weighted by molar-refractivity contribution is 7.91. The Hall–Kier alpha value is -1.29. The van der Waals surface area contributed by atoms with Gasteiger partial charge in [-0.2, -0.15) is 4.31 Å². The molecular weight excluding hydrogens is 320 g/mol. The van der Waals surface area contributed by atoms with Crippen LogP contribution in [0, 0.1) is 0 Å². The number of aromatic carboxylic acids is 1. The van der Waals surface area contributed by atoms with E-state index in [1.807, 2.05) is 17.5 Å². The van der Waals surface area contributed by atoms with Crippen LogP contribution in [-0.2, 0) is 16.4 Å². The van der Waals surface area contributed by atoms with E-state index in [2.05, 4.69) is 4.98 Å². The molecule has 0 aliphatic carbocycles. The molecule has 0 saturated heterocycles. The molecule has 0 fully saturated rings. The second-order valence-electron chi connectivity index (χ2n) is 3.95. The van der Waals surface area contributed by atoms with Gasteiger partial charge in [0.15, 0.2) is 9.90 Å². The number of carbonyl (C=O) groups is 1. The molecule has 108 valence electrons. The molecule has 0 aliphatic rings. The Kier molecular flexibility index (Phi) is 4.53. The maximum Gasteiger partial charge on any atom is 0.356 e. The Morgan fingerprint density at radius 1 is 1.45 bits per heavy atom. The molecule has 0 unspecified atom stereocenters. The number of nitrogens with zero attached hydrogens (tertiary/aromatic N) is 2. The van der Waals surface area contributed by atoms with Crippen LogP contribution in [0.5, 0.6) is 0 Å². The van der Waals surface area contributed by atoms with Crippen LogP contribution in [-0.4, -0.2) is 42.4 Å². The van der Waals surface area contributed by atoms with Crippen molar-refractivity contribution >= 4 is 38.7 Å². The molecule has 0 atom stereocenters. The van der Waals surface area contributed by atoms with Gasteiger partial charge < -0.3 is 5.11 Å². The number of aromatic nitrogens is 1. The van der Waals surface area contributed by atoms with Crippen molar-refractivity contribution in [2.45, 2.75) is 10.6 Å². The first-order valence-corrected chi connectivity index (χ1v) is 8.78. The molecule has 20 heavy (non-hydrogen) atoms. The second-order valence-corrected chi connectivity index (χ2v) is 8.08. The van der Waals surface area contributed by atoms with Crippen LogP contribution in [0.3, 0.4) is 0 Å². The molecule has 0 bridgehead atoms. The number of hydrogen-bond donors (Lipinski definition) is 1. The van der Waals surface area contributed by atoms with Gasteiger partial charge in [0, 0.05) is 18.5 Å². The fourth-order valence-corrected chi connectivity index (χ4v) is 4.75. The van der Waals surface area contributed by atoms with Crippen LogP contribution in [0.1, 0.15) is 15.4 Å². The maximum atomic E-state index is 12.3. The fraction of sp³-hybridized carbons (Fsp3) is 0.273. The van der Waals surface area contributed by atoms with Gasteiger partial charge in [-0.3, -0.25) is 0 Å². The van der Waals surface area contributed by atoms with E-state index in [-0.39, 0.29) is 4.21 Å². The normalized spacial score (nSPS) is 11.9. The Morgan fingerprint density at radius 2 is 2.20 bits per heavy atom. The van der Waals surface area contributed by atoms with Crippen molar-refractivity contribution in [3.63, 3.8) is 0 Å². The van der Waals surface area contributed by atoms with Crippen LogP contribution < -0.4 is 0 Å². The minimum atomic E-state index is -3.81. The molecule has 0 aliphatic heterocycles. The third-order valence-corrected chi connectivity index (χ3v) is 6.78. The lowest BCUT2D eigenvalue weighted by molar-refractivity contribution is 0.0687. The Labute approximate surface area is 124 Å². The molecule has 2 aromatic heterocycles. The van der Waals surface area contributed by atoms with E-state index in [0.717, 1.165) is 20.5 Å². The Bertz CT molecular complexity index is 691. The van der Waals surface area contributed by atoms with E-state index in [1.165, 1.54) is 12.6 Å². The summed E-state index contributed by atoms with van der Waals surface area (Å²) in [6.45, 7) is 0.291. The lowest BCUT2D eigenvalue weighted by atomic mass is 10.3. The summed E-state index contributed by atoms with van der Waals surface area (Å²) in [6.07, 6.45) is 0.592. The van der Waals surface area contributed by atoms with Crippen molar-refractivity contribution in [2.75, 3.05) is 13.6 Å². The van der Waals surface area contributed by atoms with Gasteiger partial charge in [-0.25, -0.2) is 18.2 Å². The lowest BCUT2D eigenvalue weighted by Gasteiger charge is -2.15. The smallest absolute Gasteiger partial charge is 0.356 e. The van der Waals surface area contributed by atoms with E-state index >= 15 is 0 Å². The topological polar surface area (TPSA) is 87.6 Å². The number of carboxylic acid groups (broad SMARTS) is 1. The van der Waals surface area contributed by atoms with Crippen molar-refractivity contribution in [3.8, 4) is 0 Å². The van der Waals surface area contributed by atoms with E-state index < -0.39 is 21.7 Å². The van der Waals surface area contributed by atoms with Gasteiger partial charge in [0.25, 0.3) is 10.0 Å². The molecule has 0 amide bonds. The summed E-state index contributed by atoms with van der Waals surface area (Å²) in [7, 11) is -2.37. The summed E-state index contributed by atoms with van der Waals surface area (Å²) in [5.74, 6) is -1.34. The lowest BCUT2D eigenvalue weighted by Crippen LogP contribution is -2.29. The van der Waals surface area contributed by atoms with E-state index in [4.69, 9.17) is 5.11 Å².